The van der Waals surface area contributed by atoms with Crippen LogP contribution in [0.25, 0.3) is 0 Å². The van der Waals surface area contributed by atoms with Crippen molar-refractivity contribution in [3.05, 3.63) is 35.5 Å². The van der Waals surface area contributed by atoms with Crippen molar-refractivity contribution in [1.82, 2.24) is 10.2 Å². The molecule has 2 aliphatic heterocycles. The van der Waals surface area contributed by atoms with Gasteiger partial charge in [0.1, 0.15) is 0 Å². The number of carbonyl (C=O) groups is 2. The zero-order valence-electron chi connectivity index (χ0n) is 16.2. The Balaban J connectivity index is 1.20. The average Bonchev–Trinajstić information content (AvgIpc) is 3.19. The van der Waals surface area contributed by atoms with Crippen molar-refractivity contribution in [2.24, 2.45) is 5.92 Å². The minimum absolute atomic E-state index is 0.0288. The topological polar surface area (TPSA) is 67.9 Å². The quantitative estimate of drug-likeness (QED) is 0.815. The fraction of sp³-hybridized carbons (Fsp3) is 0.545. The van der Waals surface area contributed by atoms with Crippen molar-refractivity contribution < 1.29 is 19.1 Å². The van der Waals surface area contributed by atoms with Gasteiger partial charge in [-0.3, -0.25) is 9.59 Å². The maximum absolute atomic E-state index is 12.6. The summed E-state index contributed by atoms with van der Waals surface area (Å²) in [7, 11) is 0. The number of piperidine rings is 1. The van der Waals surface area contributed by atoms with E-state index in [4.69, 9.17) is 9.47 Å². The van der Waals surface area contributed by atoms with Crippen LogP contribution >= 0.6 is 0 Å². The van der Waals surface area contributed by atoms with Gasteiger partial charge in [-0.05, 0) is 62.1 Å². The van der Waals surface area contributed by atoms with Crippen LogP contribution in [0.1, 0.15) is 56.9 Å². The first-order valence-electron chi connectivity index (χ1n) is 10.4. The van der Waals surface area contributed by atoms with E-state index in [-0.39, 0.29) is 18.6 Å². The monoisotopic (exact) mass is 384 g/mol. The van der Waals surface area contributed by atoms with Crippen LogP contribution in [-0.4, -0.2) is 30.1 Å². The molecule has 3 aliphatic rings. The molecular weight excluding hydrogens is 356 g/mol. The first-order chi connectivity index (χ1) is 13.7. The second-order valence-electron chi connectivity index (χ2n) is 7.76. The summed E-state index contributed by atoms with van der Waals surface area (Å²) in [6.07, 6.45) is 9.45. The van der Waals surface area contributed by atoms with Crippen LogP contribution in [0.3, 0.4) is 0 Å². The molecule has 1 atom stereocenters. The third-order valence-corrected chi connectivity index (χ3v) is 5.80. The molecule has 2 amide bonds. The fourth-order valence-electron chi connectivity index (χ4n) is 4.32. The number of likely N-dealkylation sites (tertiary alicyclic amines) is 1. The lowest BCUT2D eigenvalue weighted by molar-refractivity contribution is -0.130. The molecule has 0 radical (unpaired) electrons. The number of amides is 2. The molecule has 0 aromatic heterocycles. The Morgan fingerprint density at radius 3 is 2.89 bits per heavy atom. The number of hydrogen-bond acceptors (Lipinski definition) is 4. The summed E-state index contributed by atoms with van der Waals surface area (Å²) >= 11 is 0. The minimum Gasteiger partial charge on any atom is -0.454 e. The first kappa shape index (κ1) is 18.8. The lowest BCUT2D eigenvalue weighted by atomic mass is 9.85. The molecule has 1 unspecified atom stereocenters. The Morgan fingerprint density at radius 2 is 1.96 bits per heavy atom. The molecule has 1 N–H and O–H groups in total. The van der Waals surface area contributed by atoms with E-state index in [1.807, 2.05) is 23.1 Å². The minimum atomic E-state index is -0.0288. The predicted molar refractivity (Wildman–Crippen MR) is 105 cm³/mol. The molecular formula is C22H28N2O4. The van der Waals surface area contributed by atoms with E-state index in [9.17, 15) is 9.59 Å². The Bertz CT molecular complexity index is 774. The predicted octanol–water partition coefficient (Wildman–Crippen LogP) is 3.51. The SMILES string of the molecule is O=C(CCCC(=O)N1CCCC2CCCC=C21)NCc1ccc2c(c1)OCO2. The standard InChI is InChI=1S/C22H28N2O4/c25-21(23-14-16-10-11-19-20(13-16)28-15-27-19)8-3-9-22(26)24-12-4-6-17-5-1-2-7-18(17)24/h7,10-11,13,17H,1-6,8-9,12,14-15H2,(H,23,25). The van der Waals surface area contributed by atoms with E-state index in [1.165, 1.54) is 25.0 Å². The summed E-state index contributed by atoms with van der Waals surface area (Å²) in [5.74, 6) is 2.16. The van der Waals surface area contributed by atoms with Gasteiger partial charge in [0.2, 0.25) is 18.6 Å². The summed E-state index contributed by atoms with van der Waals surface area (Å²) in [5.41, 5.74) is 2.21. The van der Waals surface area contributed by atoms with Crippen molar-refractivity contribution >= 4 is 11.8 Å². The van der Waals surface area contributed by atoms with Gasteiger partial charge in [0.25, 0.3) is 0 Å². The highest BCUT2D eigenvalue weighted by Gasteiger charge is 2.29. The van der Waals surface area contributed by atoms with Crippen LogP contribution in [0.2, 0.25) is 0 Å². The van der Waals surface area contributed by atoms with Crippen molar-refractivity contribution in [2.45, 2.75) is 57.9 Å². The van der Waals surface area contributed by atoms with Gasteiger partial charge < -0.3 is 19.7 Å². The first-order valence-corrected chi connectivity index (χ1v) is 10.4. The second kappa shape index (κ2) is 8.67. The number of benzene rings is 1. The lowest BCUT2D eigenvalue weighted by Gasteiger charge is -2.38. The highest BCUT2D eigenvalue weighted by atomic mass is 16.7. The van der Waals surface area contributed by atoms with Gasteiger partial charge in [0, 0.05) is 31.6 Å². The van der Waals surface area contributed by atoms with Crippen LogP contribution < -0.4 is 14.8 Å². The van der Waals surface area contributed by atoms with E-state index in [0.717, 1.165) is 30.7 Å². The molecule has 1 saturated heterocycles. The number of fused-ring (bicyclic) bond motifs is 2. The van der Waals surface area contributed by atoms with Crippen molar-refractivity contribution in [1.29, 1.82) is 0 Å². The molecule has 1 aromatic carbocycles. The van der Waals surface area contributed by atoms with Gasteiger partial charge in [-0.25, -0.2) is 0 Å². The summed E-state index contributed by atoms with van der Waals surface area (Å²) < 4.78 is 10.6. The zero-order chi connectivity index (χ0) is 19.3. The van der Waals surface area contributed by atoms with Crippen LogP contribution in [0.4, 0.5) is 0 Å². The van der Waals surface area contributed by atoms with Gasteiger partial charge in [-0.15, -0.1) is 0 Å². The second-order valence-corrected chi connectivity index (χ2v) is 7.76. The van der Waals surface area contributed by atoms with E-state index < -0.39 is 0 Å². The Morgan fingerprint density at radius 1 is 1.11 bits per heavy atom. The van der Waals surface area contributed by atoms with Crippen molar-refractivity contribution in [3.63, 3.8) is 0 Å². The molecule has 28 heavy (non-hydrogen) atoms. The highest BCUT2D eigenvalue weighted by Crippen LogP contribution is 2.35. The number of nitrogens with zero attached hydrogens (tertiary/aromatic N) is 1. The summed E-state index contributed by atoms with van der Waals surface area (Å²) in [6.45, 7) is 1.52. The number of carbonyl (C=O) groups excluding carboxylic acids is 2. The molecule has 0 saturated carbocycles. The molecule has 6 nitrogen and oxygen atoms in total. The van der Waals surface area contributed by atoms with E-state index in [0.29, 0.717) is 37.5 Å². The summed E-state index contributed by atoms with van der Waals surface area (Å²) in [5, 5.41) is 2.92. The van der Waals surface area contributed by atoms with Gasteiger partial charge >= 0.3 is 0 Å². The van der Waals surface area contributed by atoms with Gasteiger partial charge in [0.15, 0.2) is 11.5 Å². The van der Waals surface area contributed by atoms with Crippen LogP contribution in [0.5, 0.6) is 11.5 Å². The van der Waals surface area contributed by atoms with Crippen molar-refractivity contribution in [3.8, 4) is 11.5 Å². The molecule has 0 spiro atoms. The largest absolute Gasteiger partial charge is 0.454 e. The van der Waals surface area contributed by atoms with Crippen molar-refractivity contribution in [2.75, 3.05) is 13.3 Å². The average molecular weight is 384 g/mol. The van der Waals surface area contributed by atoms with E-state index >= 15 is 0 Å². The number of ether oxygens (including phenoxy) is 2. The Kier molecular flexibility index (Phi) is 5.84. The highest BCUT2D eigenvalue weighted by molar-refractivity contribution is 5.80. The van der Waals surface area contributed by atoms with Gasteiger partial charge in [0.05, 0.1) is 0 Å². The maximum Gasteiger partial charge on any atom is 0.231 e. The van der Waals surface area contributed by atoms with E-state index in [1.54, 1.807) is 0 Å². The molecule has 150 valence electrons. The number of hydrogen-bond donors (Lipinski definition) is 1. The third kappa shape index (κ3) is 4.32. The molecule has 4 rings (SSSR count). The zero-order valence-corrected chi connectivity index (χ0v) is 16.2. The summed E-state index contributed by atoms with van der Waals surface area (Å²) in [4.78, 5) is 26.8. The number of rotatable bonds is 6. The molecule has 2 heterocycles. The van der Waals surface area contributed by atoms with E-state index in [2.05, 4.69) is 11.4 Å². The van der Waals surface area contributed by atoms with Crippen LogP contribution in [-0.2, 0) is 16.1 Å². The number of allylic oxidation sites excluding steroid dienone is 2. The fourth-order valence-corrected chi connectivity index (χ4v) is 4.32. The van der Waals surface area contributed by atoms with Gasteiger partial charge in [-0.1, -0.05) is 12.1 Å². The molecule has 1 fully saturated rings. The molecule has 6 heteroatoms. The maximum atomic E-state index is 12.6. The van der Waals surface area contributed by atoms with Crippen LogP contribution in [0.15, 0.2) is 30.0 Å². The Hall–Kier alpha value is -2.50. The normalized spacial score (nSPS) is 20.4. The molecule has 0 bridgehead atoms. The summed E-state index contributed by atoms with van der Waals surface area (Å²) in [6, 6.07) is 5.66. The molecule has 1 aromatic rings. The third-order valence-electron chi connectivity index (χ3n) is 5.80. The Labute approximate surface area is 165 Å². The number of nitrogens with one attached hydrogen (secondary N) is 1. The van der Waals surface area contributed by atoms with Crippen LogP contribution in [0, 0.1) is 5.92 Å². The molecule has 1 aliphatic carbocycles. The lowest BCUT2D eigenvalue weighted by Crippen LogP contribution is -2.39. The smallest absolute Gasteiger partial charge is 0.231 e. The van der Waals surface area contributed by atoms with Gasteiger partial charge in [-0.2, -0.15) is 0 Å².